The van der Waals surface area contributed by atoms with Gasteiger partial charge in [0, 0.05) is 6.54 Å². The summed E-state index contributed by atoms with van der Waals surface area (Å²) in [6.45, 7) is 1.33. The van der Waals surface area contributed by atoms with Gasteiger partial charge in [0.2, 0.25) is 0 Å². The predicted octanol–water partition coefficient (Wildman–Crippen LogP) is 4.36. The van der Waals surface area contributed by atoms with Crippen LogP contribution < -0.4 is 10.1 Å². The zero-order valence-corrected chi connectivity index (χ0v) is 14.0. The van der Waals surface area contributed by atoms with Crippen LogP contribution in [0.25, 0.3) is 10.2 Å². The molecule has 0 aliphatic rings. The van der Waals surface area contributed by atoms with E-state index in [0.717, 1.165) is 27.3 Å². The number of ether oxygens (including phenoxy) is 1. The van der Waals surface area contributed by atoms with Crippen LogP contribution in [-0.4, -0.2) is 12.0 Å². The van der Waals surface area contributed by atoms with E-state index in [-0.39, 0.29) is 0 Å². The van der Waals surface area contributed by atoms with Crippen molar-refractivity contribution in [2.75, 3.05) is 7.05 Å². The fraction of sp³-hybridized carbons (Fsp3) is 0.188. The van der Waals surface area contributed by atoms with Gasteiger partial charge in [-0.05, 0) is 52.8 Å². The van der Waals surface area contributed by atoms with Crippen LogP contribution in [0.15, 0.2) is 46.9 Å². The molecule has 5 heteroatoms. The van der Waals surface area contributed by atoms with Gasteiger partial charge in [-0.2, -0.15) is 0 Å². The minimum absolute atomic E-state index is 0.489. The van der Waals surface area contributed by atoms with Crippen LogP contribution in [0.2, 0.25) is 0 Å². The molecule has 3 rings (SSSR count). The number of thiazole rings is 1. The van der Waals surface area contributed by atoms with E-state index < -0.39 is 0 Å². The molecule has 0 bridgehead atoms. The molecule has 0 unspecified atom stereocenters. The molecule has 3 aromatic rings. The number of nitrogens with one attached hydrogen (secondary N) is 1. The van der Waals surface area contributed by atoms with Crippen LogP contribution in [0.3, 0.4) is 0 Å². The van der Waals surface area contributed by atoms with E-state index in [9.17, 15) is 0 Å². The molecular weight excluding hydrogens is 348 g/mol. The van der Waals surface area contributed by atoms with Crippen molar-refractivity contribution in [1.29, 1.82) is 0 Å². The van der Waals surface area contributed by atoms with Crippen molar-refractivity contribution in [2.45, 2.75) is 13.2 Å². The lowest BCUT2D eigenvalue weighted by Crippen LogP contribution is -2.05. The Morgan fingerprint density at radius 2 is 2.10 bits per heavy atom. The van der Waals surface area contributed by atoms with Crippen LogP contribution >= 0.6 is 27.3 Å². The Bertz CT molecular complexity index is 724. The van der Waals surface area contributed by atoms with Crippen LogP contribution in [0.5, 0.6) is 5.75 Å². The Balaban J connectivity index is 1.72. The number of fused-ring (bicyclic) bond motifs is 1. The maximum atomic E-state index is 5.87. The standard InChI is InChI=1S/C16H15BrN2OS/c1-18-9-11-6-7-14(12(17)8-11)20-10-16-19-13-4-2-3-5-15(13)21-16/h2-8,18H,9-10H2,1H3. The van der Waals surface area contributed by atoms with E-state index in [1.54, 1.807) is 11.3 Å². The molecule has 21 heavy (non-hydrogen) atoms. The lowest BCUT2D eigenvalue weighted by molar-refractivity contribution is 0.304. The number of aromatic nitrogens is 1. The maximum Gasteiger partial charge on any atom is 0.140 e. The third kappa shape index (κ3) is 3.43. The van der Waals surface area contributed by atoms with Crippen molar-refractivity contribution < 1.29 is 4.74 Å². The van der Waals surface area contributed by atoms with Crippen molar-refractivity contribution >= 4 is 37.5 Å². The molecule has 0 aliphatic heterocycles. The number of benzene rings is 2. The van der Waals surface area contributed by atoms with Crippen LogP contribution in [0.4, 0.5) is 0 Å². The van der Waals surface area contributed by atoms with Gasteiger partial charge in [-0.1, -0.05) is 18.2 Å². The second-order valence-corrected chi connectivity index (χ2v) is 6.63. The summed E-state index contributed by atoms with van der Waals surface area (Å²) in [6, 6.07) is 14.3. The summed E-state index contributed by atoms with van der Waals surface area (Å²) in [5.74, 6) is 0.842. The SMILES string of the molecule is CNCc1ccc(OCc2nc3ccccc3s2)c(Br)c1. The summed E-state index contributed by atoms with van der Waals surface area (Å²) in [4.78, 5) is 4.57. The molecule has 2 aromatic carbocycles. The second-order valence-electron chi connectivity index (χ2n) is 4.66. The van der Waals surface area contributed by atoms with E-state index in [4.69, 9.17) is 4.74 Å². The lowest BCUT2D eigenvalue weighted by Gasteiger charge is -2.08. The Hall–Kier alpha value is -1.43. The molecule has 0 spiro atoms. The lowest BCUT2D eigenvalue weighted by atomic mass is 10.2. The molecule has 0 saturated carbocycles. The maximum absolute atomic E-state index is 5.87. The minimum Gasteiger partial charge on any atom is -0.485 e. The van der Waals surface area contributed by atoms with Gasteiger partial charge in [-0.15, -0.1) is 11.3 Å². The molecule has 0 saturated heterocycles. The van der Waals surface area contributed by atoms with Crippen LogP contribution in [-0.2, 0) is 13.2 Å². The highest BCUT2D eigenvalue weighted by atomic mass is 79.9. The fourth-order valence-corrected chi connectivity index (χ4v) is 3.52. The van der Waals surface area contributed by atoms with Crippen molar-refractivity contribution in [3.63, 3.8) is 0 Å². The number of nitrogens with zero attached hydrogens (tertiary/aromatic N) is 1. The summed E-state index contributed by atoms with van der Waals surface area (Å²) in [7, 11) is 1.94. The largest absolute Gasteiger partial charge is 0.485 e. The zero-order chi connectivity index (χ0) is 14.7. The van der Waals surface area contributed by atoms with E-state index in [0.29, 0.717) is 6.61 Å². The fourth-order valence-electron chi connectivity index (χ4n) is 2.10. The van der Waals surface area contributed by atoms with Crippen molar-refractivity contribution in [3.8, 4) is 5.75 Å². The zero-order valence-electron chi connectivity index (χ0n) is 11.6. The molecule has 0 fully saturated rings. The van der Waals surface area contributed by atoms with Gasteiger partial charge in [0.05, 0.1) is 14.7 Å². The molecule has 0 radical (unpaired) electrons. The van der Waals surface area contributed by atoms with Gasteiger partial charge in [0.1, 0.15) is 17.4 Å². The van der Waals surface area contributed by atoms with E-state index in [2.05, 4.69) is 44.4 Å². The first kappa shape index (κ1) is 14.5. The molecule has 1 heterocycles. The van der Waals surface area contributed by atoms with Crippen molar-refractivity contribution in [1.82, 2.24) is 10.3 Å². The molecular formula is C16H15BrN2OS. The summed E-state index contributed by atoms with van der Waals surface area (Å²) >= 11 is 5.23. The highest BCUT2D eigenvalue weighted by Crippen LogP contribution is 2.28. The summed E-state index contributed by atoms with van der Waals surface area (Å²) in [5.41, 5.74) is 2.25. The molecule has 1 aromatic heterocycles. The number of hydrogen-bond donors (Lipinski definition) is 1. The van der Waals surface area contributed by atoms with Gasteiger partial charge >= 0.3 is 0 Å². The van der Waals surface area contributed by atoms with E-state index >= 15 is 0 Å². The van der Waals surface area contributed by atoms with Crippen molar-refractivity contribution in [2.24, 2.45) is 0 Å². The van der Waals surface area contributed by atoms with Gasteiger partial charge < -0.3 is 10.1 Å². The summed E-state index contributed by atoms with van der Waals surface area (Å²) in [5, 5.41) is 4.12. The average molecular weight is 363 g/mol. The third-order valence-corrected chi connectivity index (χ3v) is 4.70. The first-order chi connectivity index (χ1) is 10.3. The Morgan fingerprint density at radius 3 is 2.86 bits per heavy atom. The first-order valence-corrected chi connectivity index (χ1v) is 8.27. The second kappa shape index (κ2) is 6.56. The first-order valence-electron chi connectivity index (χ1n) is 6.66. The molecule has 0 amide bonds. The number of hydrogen-bond acceptors (Lipinski definition) is 4. The summed E-state index contributed by atoms with van der Waals surface area (Å²) < 4.78 is 8.03. The molecule has 0 aliphatic carbocycles. The molecule has 3 nitrogen and oxygen atoms in total. The van der Waals surface area contributed by atoms with Crippen LogP contribution in [0.1, 0.15) is 10.6 Å². The predicted molar refractivity (Wildman–Crippen MR) is 90.9 cm³/mol. The Labute approximate surface area is 136 Å². The van der Waals surface area contributed by atoms with Crippen LogP contribution in [0, 0.1) is 0 Å². The average Bonchev–Trinajstić information content (AvgIpc) is 2.89. The monoisotopic (exact) mass is 362 g/mol. The molecule has 1 N–H and O–H groups in total. The quantitative estimate of drug-likeness (QED) is 0.732. The normalized spacial score (nSPS) is 11.0. The van der Waals surface area contributed by atoms with Gasteiger partial charge in [-0.25, -0.2) is 4.98 Å². The Morgan fingerprint density at radius 1 is 1.24 bits per heavy atom. The van der Waals surface area contributed by atoms with Crippen molar-refractivity contribution in [3.05, 3.63) is 57.5 Å². The van der Waals surface area contributed by atoms with E-state index in [1.165, 1.54) is 10.3 Å². The summed E-state index contributed by atoms with van der Waals surface area (Å²) in [6.07, 6.45) is 0. The Kier molecular flexibility index (Phi) is 4.53. The third-order valence-electron chi connectivity index (χ3n) is 3.07. The molecule has 108 valence electrons. The van der Waals surface area contributed by atoms with Gasteiger partial charge in [0.15, 0.2) is 0 Å². The van der Waals surface area contributed by atoms with Gasteiger partial charge in [-0.3, -0.25) is 0 Å². The topological polar surface area (TPSA) is 34.1 Å². The smallest absolute Gasteiger partial charge is 0.140 e. The van der Waals surface area contributed by atoms with Gasteiger partial charge in [0.25, 0.3) is 0 Å². The minimum atomic E-state index is 0.489. The molecule has 0 atom stereocenters. The van der Waals surface area contributed by atoms with E-state index in [1.807, 2.05) is 31.3 Å². The highest BCUT2D eigenvalue weighted by Gasteiger charge is 2.06. The number of halogens is 1. The number of rotatable bonds is 5. The highest BCUT2D eigenvalue weighted by molar-refractivity contribution is 9.10. The number of para-hydroxylation sites is 1.